The zero-order valence-electron chi connectivity index (χ0n) is 9.14. The summed E-state index contributed by atoms with van der Waals surface area (Å²) in [5, 5.41) is 3.46. The van der Waals surface area contributed by atoms with Crippen molar-refractivity contribution in [2.75, 3.05) is 6.54 Å². The van der Waals surface area contributed by atoms with Gasteiger partial charge in [0.25, 0.3) is 0 Å². The molecule has 1 aliphatic rings. The minimum absolute atomic E-state index is 0. The molecule has 0 radical (unpaired) electrons. The van der Waals surface area contributed by atoms with Crippen LogP contribution in [-0.4, -0.2) is 18.7 Å². The third-order valence-corrected chi connectivity index (χ3v) is 2.69. The molecule has 0 aliphatic carbocycles. The van der Waals surface area contributed by atoms with Gasteiger partial charge in [-0.3, -0.25) is 0 Å². The van der Waals surface area contributed by atoms with Gasteiger partial charge in [-0.25, -0.2) is 0 Å². The first kappa shape index (κ1) is 12.5. The summed E-state index contributed by atoms with van der Waals surface area (Å²) in [4.78, 5) is 0. The molecule has 1 aromatic carbocycles. The maximum Gasteiger partial charge on any atom is 0.0979 e. The number of nitrogens with one attached hydrogen (secondary N) is 1. The van der Waals surface area contributed by atoms with Crippen LogP contribution in [0, 0.1) is 0 Å². The third-order valence-electron chi connectivity index (χ3n) is 2.69. The van der Waals surface area contributed by atoms with Crippen LogP contribution in [0.1, 0.15) is 25.5 Å². The van der Waals surface area contributed by atoms with Gasteiger partial charge in [-0.2, -0.15) is 0 Å². The quantitative estimate of drug-likeness (QED) is 0.796. The van der Waals surface area contributed by atoms with E-state index in [1.54, 1.807) is 0 Å². The van der Waals surface area contributed by atoms with Gasteiger partial charge in [0.2, 0.25) is 0 Å². The van der Waals surface area contributed by atoms with Gasteiger partial charge in [0, 0.05) is 12.6 Å². The highest BCUT2D eigenvalue weighted by Crippen LogP contribution is 2.25. The van der Waals surface area contributed by atoms with Crippen molar-refractivity contribution >= 4 is 12.4 Å². The van der Waals surface area contributed by atoms with Crippen molar-refractivity contribution in [1.29, 1.82) is 0 Å². The Morgan fingerprint density at radius 2 is 1.87 bits per heavy atom. The Kier molecular flexibility index (Phi) is 4.58. The summed E-state index contributed by atoms with van der Waals surface area (Å²) in [5.74, 6) is 0. The van der Waals surface area contributed by atoms with E-state index in [2.05, 4.69) is 43.4 Å². The third kappa shape index (κ3) is 2.94. The molecule has 0 bridgehead atoms. The topological polar surface area (TPSA) is 21.3 Å². The summed E-state index contributed by atoms with van der Waals surface area (Å²) in [6.45, 7) is 5.23. The molecule has 1 heterocycles. The zero-order valence-corrected chi connectivity index (χ0v) is 9.96. The fourth-order valence-corrected chi connectivity index (χ4v) is 1.89. The lowest BCUT2D eigenvalue weighted by atomic mass is 10.0. The van der Waals surface area contributed by atoms with Gasteiger partial charge in [-0.05, 0) is 19.4 Å². The molecular formula is C12H18ClNO. The SMILES string of the molecule is CC1CNC(C)C(c2ccccc2)O1.Cl. The molecular weight excluding hydrogens is 210 g/mol. The van der Waals surface area contributed by atoms with Crippen LogP contribution in [0.15, 0.2) is 30.3 Å². The van der Waals surface area contributed by atoms with Crippen LogP contribution < -0.4 is 5.32 Å². The summed E-state index contributed by atoms with van der Waals surface area (Å²) in [5.41, 5.74) is 1.26. The smallest absolute Gasteiger partial charge is 0.0979 e. The minimum atomic E-state index is 0. The Balaban J connectivity index is 0.00000112. The molecule has 0 spiro atoms. The van der Waals surface area contributed by atoms with Gasteiger partial charge < -0.3 is 10.1 Å². The highest BCUT2D eigenvalue weighted by atomic mass is 35.5. The maximum absolute atomic E-state index is 5.92. The molecule has 0 amide bonds. The van der Waals surface area contributed by atoms with Crippen LogP contribution in [0.25, 0.3) is 0 Å². The van der Waals surface area contributed by atoms with Crippen LogP contribution in [0.3, 0.4) is 0 Å². The van der Waals surface area contributed by atoms with Gasteiger partial charge in [0.15, 0.2) is 0 Å². The first-order valence-corrected chi connectivity index (χ1v) is 5.21. The summed E-state index contributed by atoms with van der Waals surface area (Å²) in [6, 6.07) is 10.8. The van der Waals surface area contributed by atoms with Crippen molar-refractivity contribution in [3.8, 4) is 0 Å². The molecule has 3 heteroatoms. The molecule has 1 aromatic rings. The van der Waals surface area contributed by atoms with E-state index in [4.69, 9.17) is 4.74 Å². The fraction of sp³-hybridized carbons (Fsp3) is 0.500. The van der Waals surface area contributed by atoms with Crippen molar-refractivity contribution in [2.24, 2.45) is 0 Å². The van der Waals surface area contributed by atoms with E-state index in [1.165, 1.54) is 5.56 Å². The van der Waals surface area contributed by atoms with Gasteiger partial charge in [-0.15, -0.1) is 12.4 Å². The number of ether oxygens (including phenoxy) is 1. The average molecular weight is 228 g/mol. The average Bonchev–Trinajstić information content (AvgIpc) is 2.23. The molecule has 0 aromatic heterocycles. The molecule has 3 atom stereocenters. The van der Waals surface area contributed by atoms with Crippen molar-refractivity contribution in [1.82, 2.24) is 5.32 Å². The normalized spacial score (nSPS) is 30.7. The standard InChI is InChI=1S/C12H17NO.ClH/c1-9-8-13-10(2)12(14-9)11-6-4-3-5-7-11;/h3-7,9-10,12-13H,8H2,1-2H3;1H. The summed E-state index contributed by atoms with van der Waals surface area (Å²) < 4.78 is 5.92. The summed E-state index contributed by atoms with van der Waals surface area (Å²) >= 11 is 0. The van der Waals surface area contributed by atoms with Gasteiger partial charge >= 0.3 is 0 Å². The fourth-order valence-electron chi connectivity index (χ4n) is 1.89. The lowest BCUT2D eigenvalue weighted by Crippen LogP contribution is -2.45. The number of rotatable bonds is 1. The van der Waals surface area contributed by atoms with Crippen LogP contribution >= 0.6 is 12.4 Å². The highest BCUT2D eigenvalue weighted by Gasteiger charge is 2.26. The lowest BCUT2D eigenvalue weighted by Gasteiger charge is -2.34. The van der Waals surface area contributed by atoms with Crippen molar-refractivity contribution in [3.63, 3.8) is 0 Å². The van der Waals surface area contributed by atoms with E-state index < -0.39 is 0 Å². The molecule has 2 nitrogen and oxygen atoms in total. The molecule has 1 fully saturated rings. The van der Waals surface area contributed by atoms with Crippen LogP contribution in [-0.2, 0) is 4.74 Å². The Morgan fingerprint density at radius 1 is 1.20 bits per heavy atom. The first-order valence-electron chi connectivity index (χ1n) is 5.21. The zero-order chi connectivity index (χ0) is 9.97. The van der Waals surface area contributed by atoms with Gasteiger partial charge in [0.1, 0.15) is 0 Å². The second-order valence-electron chi connectivity index (χ2n) is 3.97. The van der Waals surface area contributed by atoms with Crippen LogP contribution in [0.4, 0.5) is 0 Å². The maximum atomic E-state index is 5.92. The van der Waals surface area contributed by atoms with E-state index in [9.17, 15) is 0 Å². The Bertz CT molecular complexity index is 291. The van der Waals surface area contributed by atoms with Crippen molar-refractivity contribution < 1.29 is 4.74 Å². The Morgan fingerprint density at radius 3 is 2.53 bits per heavy atom. The molecule has 0 saturated carbocycles. The number of hydrogen-bond donors (Lipinski definition) is 1. The number of halogens is 1. The van der Waals surface area contributed by atoms with E-state index in [1.807, 2.05) is 6.07 Å². The van der Waals surface area contributed by atoms with Gasteiger partial charge in [-0.1, -0.05) is 30.3 Å². The Hall–Kier alpha value is -0.570. The molecule has 15 heavy (non-hydrogen) atoms. The van der Waals surface area contributed by atoms with Crippen molar-refractivity contribution in [3.05, 3.63) is 35.9 Å². The largest absolute Gasteiger partial charge is 0.368 e. The van der Waals surface area contributed by atoms with Crippen LogP contribution in [0.2, 0.25) is 0 Å². The first-order chi connectivity index (χ1) is 6.77. The van der Waals surface area contributed by atoms with Crippen molar-refractivity contribution in [2.45, 2.75) is 32.1 Å². The van der Waals surface area contributed by atoms with E-state index in [-0.39, 0.29) is 18.5 Å². The second-order valence-corrected chi connectivity index (χ2v) is 3.97. The Labute approximate surface area is 97.4 Å². The number of hydrogen-bond acceptors (Lipinski definition) is 2. The predicted molar refractivity (Wildman–Crippen MR) is 64.4 cm³/mol. The minimum Gasteiger partial charge on any atom is -0.368 e. The van der Waals surface area contributed by atoms with Gasteiger partial charge in [0.05, 0.1) is 12.2 Å². The van der Waals surface area contributed by atoms with E-state index in [0.717, 1.165) is 6.54 Å². The summed E-state index contributed by atoms with van der Waals surface area (Å²) in [6.07, 6.45) is 0.497. The lowest BCUT2D eigenvalue weighted by molar-refractivity contribution is -0.0520. The predicted octanol–water partition coefficient (Wildman–Crippen LogP) is 2.55. The molecule has 3 unspecified atom stereocenters. The van der Waals surface area contributed by atoms with E-state index >= 15 is 0 Å². The molecule has 1 N–H and O–H groups in total. The van der Waals surface area contributed by atoms with Crippen LogP contribution in [0.5, 0.6) is 0 Å². The molecule has 84 valence electrons. The molecule has 2 rings (SSSR count). The summed E-state index contributed by atoms with van der Waals surface area (Å²) in [7, 11) is 0. The monoisotopic (exact) mass is 227 g/mol. The molecule has 1 saturated heterocycles. The highest BCUT2D eigenvalue weighted by molar-refractivity contribution is 5.85. The van der Waals surface area contributed by atoms with E-state index in [0.29, 0.717) is 12.1 Å². The number of benzene rings is 1. The second kappa shape index (κ2) is 5.50. The number of morpholine rings is 1. The molecule has 1 aliphatic heterocycles.